The molecule has 17 heavy (non-hydrogen) atoms. The molecule has 0 aromatic heterocycles. The van der Waals surface area contributed by atoms with E-state index in [2.05, 4.69) is 23.5 Å². The maximum atomic E-state index is 5.31. The van der Waals surface area contributed by atoms with Crippen LogP contribution in [0.25, 0.3) is 0 Å². The highest BCUT2D eigenvalue weighted by Crippen LogP contribution is 2.39. The predicted molar refractivity (Wildman–Crippen MR) is 69.2 cm³/mol. The van der Waals surface area contributed by atoms with Gasteiger partial charge in [-0.15, -0.1) is 0 Å². The Labute approximate surface area is 103 Å². The van der Waals surface area contributed by atoms with Crippen molar-refractivity contribution in [1.29, 1.82) is 0 Å². The highest BCUT2D eigenvalue weighted by Gasteiger charge is 2.35. The largest absolute Gasteiger partial charge is 0.497 e. The van der Waals surface area contributed by atoms with Crippen LogP contribution in [0.15, 0.2) is 24.3 Å². The number of benzene rings is 1. The zero-order valence-electron chi connectivity index (χ0n) is 10.5. The van der Waals surface area contributed by atoms with Crippen molar-refractivity contribution in [2.75, 3.05) is 7.11 Å². The van der Waals surface area contributed by atoms with Gasteiger partial charge >= 0.3 is 0 Å². The summed E-state index contributed by atoms with van der Waals surface area (Å²) < 4.78 is 5.31. The maximum absolute atomic E-state index is 5.31. The maximum Gasteiger partial charge on any atom is 0.119 e. The van der Waals surface area contributed by atoms with Gasteiger partial charge in [0.1, 0.15) is 5.75 Å². The topological polar surface area (TPSA) is 21.3 Å². The van der Waals surface area contributed by atoms with E-state index in [0.29, 0.717) is 6.04 Å². The highest BCUT2D eigenvalue weighted by atomic mass is 16.5. The van der Waals surface area contributed by atoms with Crippen LogP contribution in [0.4, 0.5) is 0 Å². The van der Waals surface area contributed by atoms with Crippen molar-refractivity contribution in [3.05, 3.63) is 29.8 Å². The summed E-state index contributed by atoms with van der Waals surface area (Å²) in [6, 6.07) is 9.81. The quantitative estimate of drug-likeness (QED) is 0.843. The molecule has 3 rings (SSSR count). The molecule has 1 heterocycles. The predicted octanol–water partition coefficient (Wildman–Crippen LogP) is 3.29. The first-order valence-corrected chi connectivity index (χ1v) is 6.77. The molecule has 1 aliphatic heterocycles. The van der Waals surface area contributed by atoms with Gasteiger partial charge in [0.05, 0.1) is 7.11 Å². The first-order chi connectivity index (χ1) is 8.36. The SMILES string of the molecule is COc1cccc(C2CC3CCCCC3N2)c1. The second kappa shape index (κ2) is 4.69. The summed E-state index contributed by atoms with van der Waals surface area (Å²) in [6.07, 6.45) is 6.91. The van der Waals surface area contributed by atoms with Crippen LogP contribution >= 0.6 is 0 Å². The first kappa shape index (κ1) is 11.1. The van der Waals surface area contributed by atoms with Gasteiger partial charge in [0.15, 0.2) is 0 Å². The summed E-state index contributed by atoms with van der Waals surface area (Å²) in [4.78, 5) is 0. The Morgan fingerprint density at radius 3 is 2.94 bits per heavy atom. The van der Waals surface area contributed by atoms with Crippen molar-refractivity contribution >= 4 is 0 Å². The molecular formula is C15H21NO. The lowest BCUT2D eigenvalue weighted by Crippen LogP contribution is -2.30. The summed E-state index contributed by atoms with van der Waals surface area (Å²) >= 11 is 0. The van der Waals surface area contributed by atoms with Gasteiger partial charge in [-0.1, -0.05) is 25.0 Å². The van der Waals surface area contributed by atoms with Crippen molar-refractivity contribution in [2.24, 2.45) is 5.92 Å². The number of nitrogens with one attached hydrogen (secondary N) is 1. The smallest absolute Gasteiger partial charge is 0.119 e. The number of ether oxygens (including phenoxy) is 1. The second-order valence-electron chi connectivity index (χ2n) is 5.38. The summed E-state index contributed by atoms with van der Waals surface area (Å²) in [6.45, 7) is 0. The average molecular weight is 231 g/mol. The molecule has 92 valence electrons. The molecular weight excluding hydrogens is 210 g/mol. The molecule has 2 aliphatic rings. The van der Waals surface area contributed by atoms with Gasteiger partial charge in [-0.05, 0) is 42.9 Å². The van der Waals surface area contributed by atoms with Crippen molar-refractivity contribution in [3.8, 4) is 5.75 Å². The molecule has 1 aliphatic carbocycles. The summed E-state index contributed by atoms with van der Waals surface area (Å²) in [5.41, 5.74) is 1.39. The van der Waals surface area contributed by atoms with E-state index < -0.39 is 0 Å². The number of hydrogen-bond donors (Lipinski definition) is 1. The van der Waals surface area contributed by atoms with E-state index in [1.807, 2.05) is 6.07 Å². The van der Waals surface area contributed by atoms with Crippen LogP contribution in [-0.2, 0) is 0 Å². The lowest BCUT2D eigenvalue weighted by atomic mass is 9.84. The van der Waals surface area contributed by atoms with Crippen molar-refractivity contribution in [1.82, 2.24) is 5.32 Å². The third-order valence-electron chi connectivity index (χ3n) is 4.36. The van der Waals surface area contributed by atoms with Crippen LogP contribution in [-0.4, -0.2) is 13.2 Å². The minimum absolute atomic E-state index is 0.540. The van der Waals surface area contributed by atoms with Gasteiger partial charge in [0.2, 0.25) is 0 Å². The van der Waals surface area contributed by atoms with Gasteiger partial charge in [-0.25, -0.2) is 0 Å². The van der Waals surface area contributed by atoms with Crippen LogP contribution in [0.3, 0.4) is 0 Å². The Hall–Kier alpha value is -1.02. The molecule has 0 spiro atoms. The van der Waals surface area contributed by atoms with Crippen molar-refractivity contribution in [2.45, 2.75) is 44.2 Å². The van der Waals surface area contributed by atoms with E-state index in [9.17, 15) is 0 Å². The molecule has 1 saturated heterocycles. The average Bonchev–Trinajstić information content (AvgIpc) is 2.82. The monoisotopic (exact) mass is 231 g/mol. The van der Waals surface area contributed by atoms with Gasteiger partial charge in [-0.2, -0.15) is 0 Å². The molecule has 2 fully saturated rings. The third kappa shape index (κ3) is 2.19. The van der Waals surface area contributed by atoms with E-state index in [1.54, 1.807) is 7.11 Å². The Morgan fingerprint density at radius 2 is 2.12 bits per heavy atom. The number of fused-ring (bicyclic) bond motifs is 1. The number of hydrogen-bond acceptors (Lipinski definition) is 2. The Morgan fingerprint density at radius 1 is 1.24 bits per heavy atom. The van der Waals surface area contributed by atoms with E-state index in [0.717, 1.165) is 17.7 Å². The number of rotatable bonds is 2. The minimum atomic E-state index is 0.540. The fourth-order valence-corrected chi connectivity index (χ4v) is 3.43. The molecule has 1 N–H and O–H groups in total. The van der Waals surface area contributed by atoms with Crippen LogP contribution in [0.5, 0.6) is 5.75 Å². The van der Waals surface area contributed by atoms with Crippen LogP contribution in [0.1, 0.15) is 43.7 Å². The first-order valence-electron chi connectivity index (χ1n) is 6.77. The molecule has 1 aromatic rings. The molecule has 0 radical (unpaired) electrons. The standard InChI is InChI=1S/C15H21NO/c1-17-13-7-4-6-11(9-13)15-10-12-5-2-3-8-14(12)16-15/h4,6-7,9,12,14-16H,2-3,5,8,10H2,1H3. The number of methoxy groups -OCH3 is 1. The van der Waals surface area contributed by atoms with Crippen molar-refractivity contribution in [3.63, 3.8) is 0 Å². The second-order valence-corrected chi connectivity index (χ2v) is 5.38. The summed E-state index contributed by atoms with van der Waals surface area (Å²) in [5, 5.41) is 3.80. The minimum Gasteiger partial charge on any atom is -0.497 e. The molecule has 3 unspecified atom stereocenters. The van der Waals surface area contributed by atoms with E-state index in [1.165, 1.54) is 37.7 Å². The van der Waals surface area contributed by atoms with Crippen LogP contribution < -0.4 is 10.1 Å². The summed E-state index contributed by atoms with van der Waals surface area (Å²) in [7, 11) is 1.74. The van der Waals surface area contributed by atoms with E-state index in [4.69, 9.17) is 4.74 Å². The zero-order valence-corrected chi connectivity index (χ0v) is 10.5. The van der Waals surface area contributed by atoms with Gasteiger partial charge in [-0.3, -0.25) is 0 Å². The highest BCUT2D eigenvalue weighted by molar-refractivity contribution is 5.31. The molecule has 2 nitrogen and oxygen atoms in total. The fraction of sp³-hybridized carbons (Fsp3) is 0.600. The molecule has 3 atom stereocenters. The molecule has 0 bridgehead atoms. The van der Waals surface area contributed by atoms with Gasteiger partial charge < -0.3 is 10.1 Å². The Bertz CT molecular complexity index is 376. The molecule has 0 amide bonds. The lowest BCUT2D eigenvalue weighted by Gasteiger charge is -2.24. The zero-order chi connectivity index (χ0) is 11.7. The van der Waals surface area contributed by atoms with Crippen LogP contribution in [0.2, 0.25) is 0 Å². The van der Waals surface area contributed by atoms with E-state index >= 15 is 0 Å². The summed E-state index contributed by atoms with van der Waals surface area (Å²) in [5.74, 6) is 1.87. The lowest BCUT2D eigenvalue weighted by molar-refractivity contribution is 0.325. The molecule has 1 saturated carbocycles. The van der Waals surface area contributed by atoms with Crippen molar-refractivity contribution < 1.29 is 4.74 Å². The van der Waals surface area contributed by atoms with Gasteiger partial charge in [0.25, 0.3) is 0 Å². The van der Waals surface area contributed by atoms with E-state index in [-0.39, 0.29) is 0 Å². The fourth-order valence-electron chi connectivity index (χ4n) is 3.43. The normalized spacial score (nSPS) is 32.2. The third-order valence-corrected chi connectivity index (χ3v) is 4.36. The Balaban J connectivity index is 1.76. The van der Waals surface area contributed by atoms with Gasteiger partial charge in [0, 0.05) is 12.1 Å². The Kier molecular flexibility index (Phi) is 3.06. The molecule has 1 aromatic carbocycles. The van der Waals surface area contributed by atoms with Crippen LogP contribution in [0, 0.1) is 5.92 Å². The molecule has 2 heteroatoms.